The van der Waals surface area contributed by atoms with Gasteiger partial charge in [-0.2, -0.15) is 0 Å². The number of hydrogen-bond acceptors (Lipinski definition) is 7. The van der Waals surface area contributed by atoms with Gasteiger partial charge in [-0.15, -0.1) is 0 Å². The van der Waals surface area contributed by atoms with Crippen LogP contribution in [0.5, 0.6) is 5.75 Å². The van der Waals surface area contributed by atoms with Crippen LogP contribution in [0.4, 0.5) is 0 Å². The van der Waals surface area contributed by atoms with Gasteiger partial charge in [0.1, 0.15) is 13.2 Å². The Morgan fingerprint density at radius 1 is 0.725 bits per heavy atom. The summed E-state index contributed by atoms with van der Waals surface area (Å²) in [5.41, 5.74) is 3.09. The van der Waals surface area contributed by atoms with E-state index in [4.69, 9.17) is 14.2 Å². The molecule has 0 aliphatic carbocycles. The van der Waals surface area contributed by atoms with E-state index < -0.39 is 18.0 Å². The predicted molar refractivity (Wildman–Crippen MR) is 143 cm³/mol. The predicted octanol–water partition coefficient (Wildman–Crippen LogP) is 4.26. The van der Waals surface area contributed by atoms with Gasteiger partial charge in [-0.3, -0.25) is 9.97 Å². The fraction of sp³-hybridized carbons (Fsp3) is 0.161. The number of ether oxygens (including phenoxy) is 3. The van der Waals surface area contributed by atoms with Crippen molar-refractivity contribution >= 4 is 11.9 Å². The van der Waals surface area contributed by atoms with Gasteiger partial charge < -0.3 is 14.2 Å². The molecule has 210 valence electrons. The summed E-state index contributed by atoms with van der Waals surface area (Å²) in [6.45, 7) is 9.87. The van der Waals surface area contributed by atoms with Crippen molar-refractivity contribution in [2.45, 2.75) is 20.0 Å². The number of benzene rings is 1. The summed E-state index contributed by atoms with van der Waals surface area (Å²) in [5, 5.41) is 0. The first kappa shape index (κ1) is 34.2. The van der Waals surface area contributed by atoms with Crippen LogP contribution in [0.1, 0.15) is 36.1 Å². The Balaban J connectivity index is 0.00000400. The van der Waals surface area contributed by atoms with Gasteiger partial charge in [-0.1, -0.05) is 42.9 Å². The van der Waals surface area contributed by atoms with E-state index >= 15 is 0 Å². The minimum absolute atomic E-state index is 0. The van der Waals surface area contributed by atoms with Gasteiger partial charge in [0.05, 0.1) is 11.1 Å². The second-order valence-electron chi connectivity index (χ2n) is 8.15. The monoisotopic (exact) mass is 718 g/mol. The van der Waals surface area contributed by atoms with Crippen LogP contribution in [-0.2, 0) is 59.9 Å². The molecule has 2 heterocycles. The molecule has 0 unspecified atom stereocenters. The molecule has 3 rings (SSSR count). The second kappa shape index (κ2) is 17.7. The maximum atomic E-state index is 12.0. The third-order valence-electron chi connectivity index (χ3n) is 4.84. The molecule has 0 aliphatic heterocycles. The molecule has 9 heteroatoms. The molecule has 40 heavy (non-hydrogen) atoms. The number of carbonyl (C=O) groups is 2. The maximum Gasteiger partial charge on any atom is 0.333 e. The topological polar surface area (TPSA) is 87.6 Å². The van der Waals surface area contributed by atoms with Crippen LogP contribution in [-0.4, -0.2) is 41.2 Å². The third kappa shape index (κ3) is 11.1. The van der Waals surface area contributed by atoms with Gasteiger partial charge in [-0.25, -0.2) is 9.59 Å². The normalized spacial score (nSPS) is 9.28. The zero-order valence-corrected chi connectivity index (χ0v) is 24.9. The summed E-state index contributed by atoms with van der Waals surface area (Å²) >= 11 is 0. The van der Waals surface area contributed by atoms with E-state index in [0.717, 1.165) is 11.1 Å². The SMILES string of the molecule is C=C(C)C(=O)OCC(COC(=O)C(=C)C)Oc1c(C#Cc2ccncc2)cccc1C#Cc1ccncc1.[Pd].[Pd]. The number of rotatable bonds is 8. The molecule has 0 atom stereocenters. The Kier molecular flexibility index (Phi) is 15.1. The van der Waals surface area contributed by atoms with Crippen molar-refractivity contribution in [2.24, 2.45) is 0 Å². The molecule has 1 aromatic carbocycles. The Morgan fingerprint density at radius 3 is 1.50 bits per heavy atom. The maximum absolute atomic E-state index is 12.0. The van der Waals surface area contributed by atoms with E-state index in [1.54, 1.807) is 61.2 Å². The summed E-state index contributed by atoms with van der Waals surface area (Å²) < 4.78 is 16.9. The molecule has 0 aliphatic rings. The van der Waals surface area contributed by atoms with Crippen LogP contribution in [0.25, 0.3) is 0 Å². The summed E-state index contributed by atoms with van der Waals surface area (Å²) in [6, 6.07) is 12.6. The summed E-state index contributed by atoms with van der Waals surface area (Å²) in [6.07, 6.45) is 5.76. The first-order valence-corrected chi connectivity index (χ1v) is 11.6. The van der Waals surface area contributed by atoms with Gasteiger partial charge in [0, 0.05) is 87.9 Å². The molecular weight excluding hydrogens is 693 g/mol. The number of esters is 2. The van der Waals surface area contributed by atoms with Crippen molar-refractivity contribution in [2.75, 3.05) is 13.2 Å². The third-order valence-corrected chi connectivity index (χ3v) is 4.84. The fourth-order valence-electron chi connectivity index (χ4n) is 2.88. The van der Waals surface area contributed by atoms with Gasteiger partial charge in [0.2, 0.25) is 0 Å². The Morgan fingerprint density at radius 2 is 1.12 bits per heavy atom. The molecule has 0 N–H and O–H groups in total. The average molecular weight is 719 g/mol. The fourth-order valence-corrected chi connectivity index (χ4v) is 2.88. The van der Waals surface area contributed by atoms with E-state index in [1.807, 2.05) is 6.07 Å². The summed E-state index contributed by atoms with van der Waals surface area (Å²) in [5.74, 6) is 11.6. The Bertz CT molecular complexity index is 1350. The average Bonchev–Trinajstić information content (AvgIpc) is 2.93. The molecule has 0 saturated heterocycles. The molecule has 0 fully saturated rings. The number of pyridine rings is 2. The minimum Gasteiger partial charge on any atom is -0.481 e. The number of para-hydroxylation sites is 1. The second-order valence-corrected chi connectivity index (χ2v) is 8.15. The minimum atomic E-state index is -0.855. The molecule has 0 spiro atoms. The van der Waals surface area contributed by atoms with Crippen LogP contribution >= 0.6 is 0 Å². The van der Waals surface area contributed by atoms with Crippen molar-refractivity contribution in [3.05, 3.63) is 114 Å². The largest absolute Gasteiger partial charge is 0.481 e. The molecule has 2 aromatic heterocycles. The van der Waals surface area contributed by atoms with Crippen molar-refractivity contribution in [3.8, 4) is 29.4 Å². The molecular formula is C31H26N2O5Pd2. The van der Waals surface area contributed by atoms with E-state index in [0.29, 0.717) is 16.9 Å². The zero-order valence-electron chi connectivity index (χ0n) is 21.8. The van der Waals surface area contributed by atoms with Crippen LogP contribution in [0.3, 0.4) is 0 Å². The number of carbonyl (C=O) groups excluding carboxylic acids is 2. The molecule has 0 amide bonds. The number of hydrogen-bond donors (Lipinski definition) is 0. The Labute approximate surface area is 261 Å². The molecule has 3 aromatic rings. The first-order chi connectivity index (χ1) is 18.3. The van der Waals surface area contributed by atoms with Crippen LogP contribution in [0.15, 0.2) is 91.6 Å². The number of aromatic nitrogens is 2. The quantitative estimate of drug-likeness (QED) is 0.149. The summed E-state index contributed by atoms with van der Waals surface area (Å²) in [4.78, 5) is 32.1. The molecule has 7 nitrogen and oxygen atoms in total. The van der Waals surface area contributed by atoms with Crippen molar-refractivity contribution in [1.82, 2.24) is 9.97 Å². The standard InChI is InChI=1S/C31H26N2O5.2Pd/c1-22(2)30(34)36-20-28(21-37-31(35)23(3)4)38-29-26(10-8-24-12-16-32-17-13-24)6-5-7-27(29)11-9-25-14-18-33-19-15-25;;/h5-7,12-19,28H,1,3,20-21H2,2,4H3;;. The first-order valence-electron chi connectivity index (χ1n) is 11.6. The van der Waals surface area contributed by atoms with Crippen molar-refractivity contribution in [1.29, 1.82) is 0 Å². The van der Waals surface area contributed by atoms with Gasteiger partial charge >= 0.3 is 11.9 Å². The smallest absolute Gasteiger partial charge is 0.333 e. The number of nitrogens with zero attached hydrogens (tertiary/aromatic N) is 2. The van der Waals surface area contributed by atoms with E-state index in [1.165, 1.54) is 13.8 Å². The van der Waals surface area contributed by atoms with Gasteiger partial charge in [0.25, 0.3) is 0 Å². The van der Waals surface area contributed by atoms with Gasteiger partial charge in [-0.05, 0) is 50.2 Å². The van der Waals surface area contributed by atoms with Crippen LogP contribution in [0, 0.1) is 23.7 Å². The van der Waals surface area contributed by atoms with E-state index in [-0.39, 0.29) is 65.2 Å². The van der Waals surface area contributed by atoms with Crippen molar-refractivity contribution < 1.29 is 64.6 Å². The molecule has 0 bridgehead atoms. The van der Waals surface area contributed by atoms with Crippen LogP contribution in [0.2, 0.25) is 0 Å². The van der Waals surface area contributed by atoms with Crippen LogP contribution < -0.4 is 4.74 Å². The molecule has 0 radical (unpaired) electrons. The van der Waals surface area contributed by atoms with Gasteiger partial charge in [0.15, 0.2) is 11.9 Å². The van der Waals surface area contributed by atoms with E-state index in [9.17, 15) is 9.59 Å². The summed E-state index contributed by atoms with van der Waals surface area (Å²) in [7, 11) is 0. The Hall–Kier alpha value is -3.82. The van der Waals surface area contributed by atoms with Crippen molar-refractivity contribution in [3.63, 3.8) is 0 Å². The molecule has 0 saturated carbocycles. The zero-order chi connectivity index (χ0) is 27.3. The van der Waals surface area contributed by atoms with E-state index in [2.05, 4.69) is 46.8 Å².